The van der Waals surface area contributed by atoms with Crippen molar-refractivity contribution in [3.63, 3.8) is 0 Å². The van der Waals surface area contributed by atoms with Crippen LogP contribution in [0, 0.1) is 12.8 Å². The fourth-order valence-corrected chi connectivity index (χ4v) is 6.46. The number of hydrogen-bond donors (Lipinski definition) is 3. The van der Waals surface area contributed by atoms with Gasteiger partial charge in [-0.2, -0.15) is 0 Å². The highest BCUT2D eigenvalue weighted by Crippen LogP contribution is 2.49. The van der Waals surface area contributed by atoms with Gasteiger partial charge in [0.05, 0.1) is 6.04 Å². The Hall–Kier alpha value is -2.61. The second-order valence-corrected chi connectivity index (χ2v) is 11.4. The minimum atomic E-state index is -0.543. The number of nitrogens with one attached hydrogen (secondary N) is 3. The van der Waals surface area contributed by atoms with Gasteiger partial charge in [0.25, 0.3) is 5.91 Å². The number of aromatic nitrogens is 1. The largest absolute Gasteiger partial charge is 0.304 e. The molecule has 3 N–H and O–H groups in total. The zero-order chi connectivity index (χ0) is 25.3. The Balaban J connectivity index is 1.30. The monoisotopic (exact) mass is 489 g/mol. The number of anilines is 1. The number of hydrogen-bond acceptors (Lipinski definition) is 6. The average Bonchev–Trinajstić information content (AvgIpc) is 3.25. The summed E-state index contributed by atoms with van der Waals surface area (Å²) in [4.78, 5) is 32.0. The molecule has 7 nitrogen and oxygen atoms in total. The Bertz CT molecular complexity index is 1100. The molecular weight excluding hydrogens is 450 g/mol. The normalized spacial score (nSPS) is 28.3. The molecule has 5 rings (SSSR count). The highest BCUT2D eigenvalue weighted by molar-refractivity contribution is 6.40. The second kappa shape index (κ2) is 10.0. The van der Waals surface area contributed by atoms with Gasteiger partial charge in [0.15, 0.2) is 0 Å². The molecule has 2 aliphatic carbocycles. The quantitative estimate of drug-likeness (QED) is 0.500. The lowest BCUT2D eigenvalue weighted by molar-refractivity contribution is -0.135. The van der Waals surface area contributed by atoms with Crippen LogP contribution in [0.15, 0.2) is 42.6 Å². The van der Waals surface area contributed by atoms with Gasteiger partial charge >= 0.3 is 0 Å². The van der Waals surface area contributed by atoms with Crippen LogP contribution >= 0.6 is 0 Å². The standard InChI is InChI=1S/C29H39N5O2/c1-20-12-17-30-26(31-27(36)24(35)18-21-8-7-9-21)25(20)23-19-28(33-32-23)13-15-29(16-14-28,34(2)3)22-10-5-4-6-11-22/h4-6,10-12,17,21,23,32-33H,7-9,13-16,18-19H2,1-3H3,(H,30,31,36)/t23-,28?,29?/m0/s1. The predicted molar refractivity (Wildman–Crippen MR) is 141 cm³/mol. The molecule has 36 heavy (non-hydrogen) atoms. The summed E-state index contributed by atoms with van der Waals surface area (Å²) in [6.45, 7) is 2.04. The van der Waals surface area contributed by atoms with Gasteiger partial charge in [-0.1, -0.05) is 36.8 Å². The van der Waals surface area contributed by atoms with E-state index in [0.29, 0.717) is 18.2 Å². The molecule has 1 saturated heterocycles. The number of Topliss-reactive ketones (excluding diaryl/α,β-unsaturated/α-hetero) is 1. The maximum Gasteiger partial charge on any atom is 0.292 e. The summed E-state index contributed by atoms with van der Waals surface area (Å²) < 4.78 is 0. The Morgan fingerprint density at radius 1 is 1.08 bits per heavy atom. The Kier molecular flexibility index (Phi) is 6.99. The third-order valence-electron chi connectivity index (χ3n) is 9.05. The van der Waals surface area contributed by atoms with E-state index in [1.807, 2.05) is 13.0 Å². The summed E-state index contributed by atoms with van der Waals surface area (Å²) in [7, 11) is 4.38. The van der Waals surface area contributed by atoms with Crippen molar-refractivity contribution in [2.24, 2.45) is 5.92 Å². The Labute approximate surface area is 214 Å². The maximum absolute atomic E-state index is 12.7. The number of benzene rings is 1. The fourth-order valence-electron chi connectivity index (χ4n) is 6.46. The van der Waals surface area contributed by atoms with Gasteiger partial charge in [0, 0.05) is 29.3 Å². The van der Waals surface area contributed by atoms with Gasteiger partial charge in [-0.3, -0.25) is 19.9 Å². The van der Waals surface area contributed by atoms with Crippen molar-refractivity contribution >= 4 is 17.5 Å². The number of carbonyl (C=O) groups excluding carboxylic acids is 2. The molecule has 2 saturated carbocycles. The van der Waals surface area contributed by atoms with Crippen molar-refractivity contribution < 1.29 is 9.59 Å². The van der Waals surface area contributed by atoms with Gasteiger partial charge in [0.1, 0.15) is 5.82 Å². The molecule has 1 aromatic carbocycles. The van der Waals surface area contributed by atoms with Crippen LogP contribution < -0.4 is 16.2 Å². The number of nitrogens with zero attached hydrogens (tertiary/aromatic N) is 2. The van der Waals surface area contributed by atoms with E-state index in [9.17, 15) is 9.59 Å². The van der Waals surface area contributed by atoms with E-state index in [1.54, 1.807) is 6.20 Å². The van der Waals surface area contributed by atoms with Crippen LogP contribution in [0.2, 0.25) is 0 Å². The second-order valence-electron chi connectivity index (χ2n) is 11.4. The van der Waals surface area contributed by atoms with Gasteiger partial charge in [-0.15, -0.1) is 0 Å². The highest BCUT2D eigenvalue weighted by atomic mass is 16.2. The van der Waals surface area contributed by atoms with Gasteiger partial charge in [-0.05, 0) is 89.1 Å². The number of carbonyl (C=O) groups is 2. The molecule has 1 atom stereocenters. The smallest absolute Gasteiger partial charge is 0.292 e. The van der Waals surface area contributed by atoms with Crippen molar-refractivity contribution in [3.8, 4) is 0 Å². The summed E-state index contributed by atoms with van der Waals surface area (Å²) in [5, 5.41) is 2.85. The molecule has 0 radical (unpaired) electrons. The number of ketones is 1. The van der Waals surface area contributed by atoms with Crippen LogP contribution in [0.25, 0.3) is 0 Å². The molecule has 1 spiro atoms. The van der Waals surface area contributed by atoms with E-state index < -0.39 is 5.91 Å². The summed E-state index contributed by atoms with van der Waals surface area (Å²) >= 11 is 0. The van der Waals surface area contributed by atoms with Crippen LogP contribution in [-0.2, 0) is 15.1 Å². The molecule has 3 aliphatic rings. The molecule has 1 aromatic heterocycles. The topological polar surface area (TPSA) is 86.4 Å². The third kappa shape index (κ3) is 4.72. The lowest BCUT2D eigenvalue weighted by Crippen LogP contribution is -2.53. The number of pyridine rings is 1. The van der Waals surface area contributed by atoms with Crippen LogP contribution in [0.3, 0.4) is 0 Å². The van der Waals surface area contributed by atoms with E-state index in [0.717, 1.165) is 62.5 Å². The van der Waals surface area contributed by atoms with E-state index in [-0.39, 0.29) is 22.9 Å². The summed E-state index contributed by atoms with van der Waals surface area (Å²) in [5.74, 6) is -0.0133. The number of amides is 1. The highest BCUT2D eigenvalue weighted by Gasteiger charge is 2.48. The molecule has 1 amide bonds. The first-order valence-electron chi connectivity index (χ1n) is 13.4. The minimum Gasteiger partial charge on any atom is -0.304 e. The van der Waals surface area contributed by atoms with Crippen LogP contribution in [0.4, 0.5) is 5.82 Å². The molecule has 1 aliphatic heterocycles. The van der Waals surface area contributed by atoms with Crippen molar-refractivity contribution in [2.75, 3.05) is 19.4 Å². The zero-order valence-electron chi connectivity index (χ0n) is 21.8. The van der Waals surface area contributed by atoms with Crippen LogP contribution in [0.5, 0.6) is 0 Å². The fraction of sp³-hybridized carbons (Fsp3) is 0.552. The lowest BCUT2D eigenvalue weighted by atomic mass is 9.67. The first-order chi connectivity index (χ1) is 17.3. The van der Waals surface area contributed by atoms with E-state index in [1.165, 1.54) is 5.56 Å². The van der Waals surface area contributed by atoms with E-state index in [2.05, 4.69) is 70.5 Å². The SMILES string of the molecule is Cc1ccnc(NC(=O)C(=O)CC2CCC2)c1[C@@H]1CC2(CCC(c3ccccc3)(N(C)C)CC2)NN1. The molecule has 2 heterocycles. The van der Waals surface area contributed by atoms with Crippen molar-refractivity contribution in [1.82, 2.24) is 20.7 Å². The molecule has 7 heteroatoms. The molecule has 192 valence electrons. The number of aryl methyl sites for hydroxylation is 1. The van der Waals surface area contributed by atoms with Gasteiger partial charge in [0.2, 0.25) is 5.78 Å². The van der Waals surface area contributed by atoms with Crippen molar-refractivity contribution in [1.29, 1.82) is 0 Å². The number of rotatable bonds is 7. The van der Waals surface area contributed by atoms with Crippen molar-refractivity contribution in [2.45, 2.75) is 81.8 Å². The zero-order valence-corrected chi connectivity index (χ0v) is 21.8. The number of hydrazine groups is 1. The first kappa shape index (κ1) is 25.1. The maximum atomic E-state index is 12.7. The molecular formula is C29H39N5O2. The van der Waals surface area contributed by atoms with Crippen LogP contribution in [-0.4, -0.2) is 41.2 Å². The Morgan fingerprint density at radius 3 is 2.44 bits per heavy atom. The van der Waals surface area contributed by atoms with Gasteiger partial charge in [-0.25, -0.2) is 10.4 Å². The minimum absolute atomic E-state index is 0.0113. The summed E-state index contributed by atoms with van der Waals surface area (Å²) in [5.41, 5.74) is 10.6. The van der Waals surface area contributed by atoms with Gasteiger partial charge < -0.3 is 5.32 Å². The summed E-state index contributed by atoms with van der Waals surface area (Å²) in [6, 6.07) is 12.8. The van der Waals surface area contributed by atoms with E-state index in [4.69, 9.17) is 0 Å². The molecule has 3 fully saturated rings. The predicted octanol–water partition coefficient (Wildman–Crippen LogP) is 4.40. The van der Waals surface area contributed by atoms with E-state index >= 15 is 0 Å². The molecule has 0 bridgehead atoms. The first-order valence-corrected chi connectivity index (χ1v) is 13.4. The molecule has 2 aromatic rings. The molecule has 0 unspecified atom stereocenters. The van der Waals surface area contributed by atoms with Crippen LogP contribution in [0.1, 0.15) is 80.5 Å². The average molecular weight is 490 g/mol. The summed E-state index contributed by atoms with van der Waals surface area (Å²) in [6.07, 6.45) is 10.4. The van der Waals surface area contributed by atoms with Crippen molar-refractivity contribution in [3.05, 3.63) is 59.3 Å². The third-order valence-corrected chi connectivity index (χ3v) is 9.05. The Morgan fingerprint density at radius 2 is 1.81 bits per heavy atom. The lowest BCUT2D eigenvalue weighted by Gasteiger charge is -2.49.